The van der Waals surface area contributed by atoms with Crippen LogP contribution in [0.1, 0.15) is 13.3 Å². The van der Waals surface area contributed by atoms with Crippen LogP contribution >= 0.6 is 0 Å². The lowest BCUT2D eigenvalue weighted by molar-refractivity contribution is -0.154. The van der Waals surface area contributed by atoms with E-state index in [0.29, 0.717) is 6.42 Å². The third-order valence-corrected chi connectivity index (χ3v) is 3.88. The molecule has 4 N–H and O–H groups in total. The topological polar surface area (TPSA) is 87.7 Å². The molecule has 3 atom stereocenters. The number of nitrogens with two attached hydrogens (primary N) is 1. The van der Waals surface area contributed by atoms with Crippen molar-refractivity contribution in [3.8, 4) is 0 Å². The standard InChI is InChI=1S/C9H18F3N3O2S/c1-6(18(2)17)3-4-14-5-7(8(13)15-16)9(10,11)12/h6-7,14,16H,3-5H2,1-2H3,(H2,13,15). The Morgan fingerprint density at radius 1 is 1.56 bits per heavy atom. The fourth-order valence-corrected chi connectivity index (χ4v) is 1.63. The number of alkyl halides is 3. The average molecular weight is 289 g/mol. The van der Waals surface area contributed by atoms with E-state index in [2.05, 4.69) is 10.5 Å². The van der Waals surface area contributed by atoms with E-state index in [0.717, 1.165) is 0 Å². The molecule has 0 fully saturated rings. The highest BCUT2D eigenvalue weighted by Gasteiger charge is 2.42. The van der Waals surface area contributed by atoms with Crippen molar-refractivity contribution in [2.24, 2.45) is 16.8 Å². The van der Waals surface area contributed by atoms with Crippen LogP contribution < -0.4 is 11.1 Å². The number of amidine groups is 1. The molecule has 0 bridgehead atoms. The fourth-order valence-electron chi connectivity index (χ4n) is 1.18. The van der Waals surface area contributed by atoms with Crippen LogP contribution in [-0.4, -0.2) is 46.0 Å². The first-order chi connectivity index (χ1) is 8.20. The second-order valence-corrected chi connectivity index (χ2v) is 5.72. The van der Waals surface area contributed by atoms with Gasteiger partial charge in [-0.05, 0) is 13.0 Å². The number of halogens is 3. The van der Waals surface area contributed by atoms with Gasteiger partial charge in [0.1, 0.15) is 5.92 Å². The molecular weight excluding hydrogens is 271 g/mol. The number of rotatable bonds is 7. The monoisotopic (exact) mass is 289 g/mol. The molecule has 0 aromatic rings. The van der Waals surface area contributed by atoms with E-state index >= 15 is 0 Å². The lowest BCUT2D eigenvalue weighted by Gasteiger charge is -2.19. The molecule has 18 heavy (non-hydrogen) atoms. The third-order valence-electron chi connectivity index (χ3n) is 2.51. The minimum absolute atomic E-state index is 0.0920. The van der Waals surface area contributed by atoms with Crippen molar-refractivity contribution >= 4 is 16.6 Å². The zero-order valence-electron chi connectivity index (χ0n) is 10.2. The first-order valence-electron chi connectivity index (χ1n) is 5.27. The Kier molecular flexibility index (Phi) is 7.22. The van der Waals surface area contributed by atoms with E-state index in [4.69, 9.17) is 10.9 Å². The largest absolute Gasteiger partial charge is 0.409 e. The molecule has 0 aliphatic carbocycles. The molecule has 108 valence electrons. The summed E-state index contributed by atoms with van der Waals surface area (Å²) >= 11 is 0. The van der Waals surface area contributed by atoms with Gasteiger partial charge in [-0.2, -0.15) is 13.2 Å². The van der Waals surface area contributed by atoms with E-state index in [9.17, 15) is 17.4 Å². The summed E-state index contributed by atoms with van der Waals surface area (Å²) in [5, 5.41) is 13.1. The lowest BCUT2D eigenvalue weighted by Crippen LogP contribution is -2.43. The van der Waals surface area contributed by atoms with Crippen LogP contribution in [0.5, 0.6) is 0 Å². The smallest absolute Gasteiger partial charge is 0.400 e. The van der Waals surface area contributed by atoms with Gasteiger partial charge in [-0.1, -0.05) is 12.1 Å². The number of nitrogens with zero attached hydrogens (tertiary/aromatic N) is 1. The van der Waals surface area contributed by atoms with Gasteiger partial charge in [-0.25, -0.2) is 0 Å². The molecule has 0 aromatic carbocycles. The summed E-state index contributed by atoms with van der Waals surface area (Å²) in [6.07, 6.45) is -2.54. The maximum atomic E-state index is 12.5. The Labute approximate surface area is 106 Å². The van der Waals surface area contributed by atoms with Gasteiger partial charge >= 0.3 is 6.18 Å². The van der Waals surface area contributed by atoms with Gasteiger partial charge in [0.2, 0.25) is 0 Å². The zero-order valence-corrected chi connectivity index (χ0v) is 11.0. The van der Waals surface area contributed by atoms with Gasteiger partial charge < -0.3 is 16.3 Å². The highest BCUT2D eigenvalue weighted by molar-refractivity contribution is 7.84. The van der Waals surface area contributed by atoms with E-state index in [-0.39, 0.29) is 11.8 Å². The van der Waals surface area contributed by atoms with Gasteiger partial charge in [0.15, 0.2) is 5.84 Å². The van der Waals surface area contributed by atoms with Crippen molar-refractivity contribution < 1.29 is 22.6 Å². The molecular formula is C9H18F3N3O2S. The van der Waals surface area contributed by atoms with Crippen LogP contribution in [-0.2, 0) is 10.8 Å². The quantitative estimate of drug-likeness (QED) is 0.211. The maximum Gasteiger partial charge on any atom is 0.400 e. The molecule has 0 saturated heterocycles. The van der Waals surface area contributed by atoms with Crippen molar-refractivity contribution in [1.82, 2.24) is 5.32 Å². The van der Waals surface area contributed by atoms with Gasteiger partial charge in [0.25, 0.3) is 0 Å². The van der Waals surface area contributed by atoms with Crippen LogP contribution in [0, 0.1) is 5.92 Å². The summed E-state index contributed by atoms with van der Waals surface area (Å²) in [4.78, 5) is 0. The SMILES string of the molecule is CC(CCNCC(C(N)=NO)C(F)(F)F)S(C)=O. The Hall–Kier alpha value is -0.830. The number of oxime groups is 1. The molecule has 0 aliphatic rings. The minimum Gasteiger partial charge on any atom is -0.409 e. The molecule has 0 rings (SSSR count). The Morgan fingerprint density at radius 3 is 2.50 bits per heavy atom. The van der Waals surface area contributed by atoms with Gasteiger partial charge in [-0.3, -0.25) is 4.21 Å². The summed E-state index contributed by atoms with van der Waals surface area (Å²) in [5.74, 6) is -2.90. The Balaban J connectivity index is 4.19. The van der Waals surface area contributed by atoms with Crippen LogP contribution in [0.15, 0.2) is 5.16 Å². The van der Waals surface area contributed by atoms with Crippen LogP contribution in [0.2, 0.25) is 0 Å². The van der Waals surface area contributed by atoms with E-state index in [1.807, 2.05) is 0 Å². The van der Waals surface area contributed by atoms with Crippen molar-refractivity contribution in [3.05, 3.63) is 0 Å². The second kappa shape index (κ2) is 7.57. The molecule has 5 nitrogen and oxygen atoms in total. The zero-order chi connectivity index (χ0) is 14.3. The summed E-state index contributed by atoms with van der Waals surface area (Å²) < 4.78 is 48.5. The highest BCUT2D eigenvalue weighted by Crippen LogP contribution is 2.25. The van der Waals surface area contributed by atoms with Crippen molar-refractivity contribution in [2.75, 3.05) is 19.3 Å². The van der Waals surface area contributed by atoms with E-state index in [1.54, 1.807) is 13.2 Å². The normalized spacial score (nSPS) is 18.4. The van der Waals surface area contributed by atoms with Crippen LogP contribution in [0.4, 0.5) is 13.2 Å². The second-order valence-electron chi connectivity index (χ2n) is 3.92. The summed E-state index contributed by atoms with van der Waals surface area (Å²) in [5.41, 5.74) is 4.98. The Bertz CT molecular complexity index is 310. The average Bonchev–Trinajstić information content (AvgIpc) is 2.25. The fraction of sp³-hybridized carbons (Fsp3) is 0.889. The van der Waals surface area contributed by atoms with Crippen LogP contribution in [0.25, 0.3) is 0 Å². The first kappa shape index (κ1) is 17.2. The van der Waals surface area contributed by atoms with Gasteiger partial charge in [0.05, 0.1) is 0 Å². The molecule has 3 unspecified atom stereocenters. The number of hydrogen-bond acceptors (Lipinski definition) is 4. The van der Waals surface area contributed by atoms with E-state index in [1.165, 1.54) is 0 Å². The molecule has 0 heterocycles. The molecule has 0 radical (unpaired) electrons. The lowest BCUT2D eigenvalue weighted by atomic mass is 10.1. The summed E-state index contributed by atoms with van der Waals surface area (Å²) in [7, 11) is -1.00. The predicted octanol–water partition coefficient (Wildman–Crippen LogP) is 0.658. The third kappa shape index (κ3) is 6.20. The van der Waals surface area contributed by atoms with E-state index < -0.39 is 35.3 Å². The summed E-state index contributed by atoms with van der Waals surface area (Å²) in [6.45, 7) is 1.57. The van der Waals surface area contributed by atoms with Gasteiger partial charge in [0, 0.05) is 28.9 Å². The summed E-state index contributed by atoms with van der Waals surface area (Å²) in [6, 6.07) is 0. The first-order valence-corrected chi connectivity index (χ1v) is 6.89. The number of nitrogens with one attached hydrogen (secondary N) is 1. The Morgan fingerprint density at radius 2 is 2.11 bits per heavy atom. The molecule has 0 saturated carbocycles. The predicted molar refractivity (Wildman–Crippen MR) is 64.0 cm³/mol. The minimum atomic E-state index is -4.57. The molecule has 0 spiro atoms. The number of hydrogen-bond donors (Lipinski definition) is 3. The van der Waals surface area contributed by atoms with Gasteiger partial charge in [-0.15, -0.1) is 0 Å². The van der Waals surface area contributed by atoms with Crippen molar-refractivity contribution in [3.63, 3.8) is 0 Å². The maximum absolute atomic E-state index is 12.5. The molecule has 0 amide bonds. The molecule has 0 aromatic heterocycles. The molecule has 9 heteroatoms. The molecule has 0 aliphatic heterocycles. The van der Waals surface area contributed by atoms with Crippen molar-refractivity contribution in [2.45, 2.75) is 24.8 Å². The van der Waals surface area contributed by atoms with Crippen molar-refractivity contribution in [1.29, 1.82) is 0 Å². The highest BCUT2D eigenvalue weighted by atomic mass is 32.2. The van der Waals surface area contributed by atoms with Crippen LogP contribution in [0.3, 0.4) is 0 Å².